The van der Waals surface area contributed by atoms with E-state index in [1.807, 2.05) is 49.4 Å². The maximum atomic E-state index is 13.3. The number of thiazole rings is 1. The van der Waals surface area contributed by atoms with E-state index < -0.39 is 0 Å². The Morgan fingerprint density at radius 2 is 1.87 bits per heavy atom. The van der Waals surface area contributed by atoms with Gasteiger partial charge in [0.25, 0.3) is 5.91 Å². The highest BCUT2D eigenvalue weighted by Gasteiger charge is 2.21. The van der Waals surface area contributed by atoms with Crippen molar-refractivity contribution in [3.63, 3.8) is 0 Å². The van der Waals surface area contributed by atoms with Gasteiger partial charge in [-0.3, -0.25) is 4.79 Å². The van der Waals surface area contributed by atoms with Gasteiger partial charge in [0.05, 0.1) is 28.1 Å². The molecule has 5 nitrogen and oxygen atoms in total. The Kier molecular flexibility index (Phi) is 5.70. The molecule has 1 amide bonds. The fourth-order valence-corrected chi connectivity index (χ4v) is 4.23. The number of halogens is 1. The van der Waals surface area contributed by atoms with E-state index in [4.69, 9.17) is 5.26 Å². The smallest absolute Gasteiger partial charge is 0.267 e. The van der Waals surface area contributed by atoms with Gasteiger partial charge < -0.3 is 0 Å². The van der Waals surface area contributed by atoms with Crippen molar-refractivity contribution in [3.8, 4) is 6.07 Å². The molecule has 0 spiro atoms. The van der Waals surface area contributed by atoms with Gasteiger partial charge >= 0.3 is 0 Å². The van der Waals surface area contributed by atoms with Gasteiger partial charge in [-0.25, -0.2) is 4.98 Å². The first kappa shape index (κ1) is 20.0. The highest BCUT2D eigenvalue weighted by atomic mass is 79.9. The summed E-state index contributed by atoms with van der Waals surface area (Å²) < 4.78 is 1.89. The molecule has 0 bridgehead atoms. The number of hydrogen-bond acceptors (Lipinski definition) is 5. The van der Waals surface area contributed by atoms with E-state index in [-0.39, 0.29) is 5.91 Å². The van der Waals surface area contributed by atoms with Crippen LogP contribution in [0.3, 0.4) is 0 Å². The van der Waals surface area contributed by atoms with Crippen LogP contribution >= 0.6 is 27.3 Å². The van der Waals surface area contributed by atoms with Crippen LogP contribution in [0.5, 0.6) is 0 Å². The lowest BCUT2D eigenvalue weighted by Crippen LogP contribution is -2.25. The van der Waals surface area contributed by atoms with Gasteiger partial charge in [0, 0.05) is 10.0 Å². The number of aromatic nitrogens is 1. The number of anilines is 1. The van der Waals surface area contributed by atoms with E-state index in [0.29, 0.717) is 16.3 Å². The summed E-state index contributed by atoms with van der Waals surface area (Å²) in [5.74, 6) is -0.319. The SMILES string of the molecule is Cc1ccc(/C=N/N(C(=O)c2ccc(C#N)cc2)c2nc3ccc(Br)cc3s2)cc1. The summed E-state index contributed by atoms with van der Waals surface area (Å²) in [4.78, 5) is 17.8. The third-order valence-corrected chi connectivity index (χ3v) is 5.86. The number of carbonyl (C=O) groups excluding carboxylic acids is 1. The van der Waals surface area contributed by atoms with Gasteiger partial charge in [-0.1, -0.05) is 57.1 Å². The molecule has 1 aromatic heterocycles. The van der Waals surface area contributed by atoms with E-state index in [1.54, 1.807) is 30.5 Å². The zero-order valence-corrected chi connectivity index (χ0v) is 18.3. The zero-order valence-electron chi connectivity index (χ0n) is 15.9. The number of fused-ring (bicyclic) bond motifs is 1. The lowest BCUT2D eigenvalue weighted by Gasteiger charge is -2.14. The maximum absolute atomic E-state index is 13.3. The predicted octanol–water partition coefficient (Wildman–Crippen LogP) is 5.92. The van der Waals surface area contributed by atoms with Crippen molar-refractivity contribution >= 4 is 54.7 Å². The lowest BCUT2D eigenvalue weighted by molar-refractivity contribution is 0.0988. The summed E-state index contributed by atoms with van der Waals surface area (Å²) >= 11 is 4.85. The lowest BCUT2D eigenvalue weighted by atomic mass is 10.1. The number of hydrogen-bond donors (Lipinski definition) is 0. The van der Waals surface area contributed by atoms with E-state index >= 15 is 0 Å². The second kappa shape index (κ2) is 8.57. The largest absolute Gasteiger partial charge is 0.280 e. The first-order valence-corrected chi connectivity index (χ1v) is 10.7. The maximum Gasteiger partial charge on any atom is 0.280 e. The topological polar surface area (TPSA) is 69.3 Å². The van der Waals surface area contributed by atoms with Crippen LogP contribution in [-0.2, 0) is 0 Å². The van der Waals surface area contributed by atoms with Crippen LogP contribution in [0.4, 0.5) is 5.13 Å². The molecule has 1 heterocycles. The fraction of sp³-hybridized carbons (Fsp3) is 0.0435. The Morgan fingerprint density at radius 1 is 1.13 bits per heavy atom. The minimum Gasteiger partial charge on any atom is -0.267 e. The number of aryl methyl sites for hydroxylation is 1. The molecule has 0 atom stereocenters. The Morgan fingerprint density at radius 3 is 2.57 bits per heavy atom. The third-order valence-electron chi connectivity index (χ3n) is 4.37. The van der Waals surface area contributed by atoms with Gasteiger partial charge in [0.1, 0.15) is 0 Å². The van der Waals surface area contributed by atoms with Crippen LogP contribution < -0.4 is 5.01 Å². The number of amides is 1. The van der Waals surface area contributed by atoms with Gasteiger partial charge in [-0.15, -0.1) is 0 Å². The van der Waals surface area contributed by atoms with Crippen molar-refractivity contribution in [2.45, 2.75) is 6.92 Å². The van der Waals surface area contributed by atoms with E-state index in [9.17, 15) is 4.79 Å². The molecule has 7 heteroatoms. The number of nitriles is 1. The molecule has 4 rings (SSSR count). The summed E-state index contributed by atoms with van der Waals surface area (Å²) in [7, 11) is 0. The summed E-state index contributed by atoms with van der Waals surface area (Å²) in [6.45, 7) is 2.01. The molecule has 0 aliphatic rings. The van der Waals surface area contributed by atoms with Gasteiger partial charge in [-0.2, -0.15) is 15.4 Å². The predicted molar refractivity (Wildman–Crippen MR) is 124 cm³/mol. The normalized spacial score (nSPS) is 11.0. The second-order valence-corrected chi connectivity index (χ2v) is 8.49. The van der Waals surface area contributed by atoms with Crippen molar-refractivity contribution in [2.75, 3.05) is 5.01 Å². The summed E-state index contributed by atoms with van der Waals surface area (Å²) in [6, 6.07) is 22.2. The monoisotopic (exact) mass is 474 g/mol. The molecule has 0 aliphatic heterocycles. The Labute approximate surface area is 186 Å². The average molecular weight is 475 g/mol. The molecule has 0 N–H and O–H groups in total. The molecule has 0 unspecified atom stereocenters. The number of carbonyl (C=O) groups is 1. The van der Waals surface area contributed by atoms with Gasteiger partial charge in [-0.05, 0) is 55.0 Å². The van der Waals surface area contributed by atoms with E-state index in [1.165, 1.54) is 16.3 Å². The highest BCUT2D eigenvalue weighted by molar-refractivity contribution is 9.10. The van der Waals surface area contributed by atoms with Crippen LogP contribution in [0.25, 0.3) is 10.2 Å². The molecule has 30 heavy (non-hydrogen) atoms. The Bertz CT molecular complexity index is 1290. The quantitative estimate of drug-likeness (QED) is 0.272. The van der Waals surface area contributed by atoms with Crippen LogP contribution in [0, 0.1) is 18.3 Å². The minimum absolute atomic E-state index is 0.319. The molecule has 0 saturated heterocycles. The standard InChI is InChI=1S/C23H15BrN4OS/c1-15-2-4-17(5-3-15)14-26-28(22(29)18-8-6-16(13-25)7-9-18)23-27-20-11-10-19(24)12-21(20)30-23/h2-12,14H,1H3/b26-14+. The molecule has 146 valence electrons. The number of nitrogens with zero attached hydrogens (tertiary/aromatic N) is 4. The first-order valence-electron chi connectivity index (χ1n) is 9.05. The summed E-state index contributed by atoms with van der Waals surface area (Å²) in [6.07, 6.45) is 1.64. The van der Waals surface area contributed by atoms with Crippen molar-refractivity contribution in [1.29, 1.82) is 5.26 Å². The van der Waals surface area contributed by atoms with Crippen molar-refractivity contribution < 1.29 is 4.79 Å². The van der Waals surface area contributed by atoms with E-state index in [0.717, 1.165) is 25.8 Å². The minimum atomic E-state index is -0.319. The molecule has 0 radical (unpaired) electrons. The molecule has 0 aliphatic carbocycles. The summed E-state index contributed by atoms with van der Waals surface area (Å²) in [5, 5.41) is 15.2. The Balaban J connectivity index is 1.75. The number of rotatable bonds is 4. The molecular formula is C23H15BrN4OS. The average Bonchev–Trinajstić information content (AvgIpc) is 3.18. The van der Waals surface area contributed by atoms with Crippen LogP contribution in [0.15, 0.2) is 76.3 Å². The van der Waals surface area contributed by atoms with Crippen LogP contribution in [0.2, 0.25) is 0 Å². The number of hydrazone groups is 1. The van der Waals surface area contributed by atoms with Crippen LogP contribution in [-0.4, -0.2) is 17.1 Å². The van der Waals surface area contributed by atoms with Crippen molar-refractivity contribution in [3.05, 3.63) is 93.5 Å². The summed E-state index contributed by atoms with van der Waals surface area (Å²) in [5.41, 5.74) is 3.74. The van der Waals surface area contributed by atoms with E-state index in [2.05, 4.69) is 32.1 Å². The molecule has 4 aromatic rings. The van der Waals surface area contributed by atoms with Gasteiger partial charge in [0.15, 0.2) is 0 Å². The van der Waals surface area contributed by atoms with Crippen LogP contribution in [0.1, 0.15) is 27.0 Å². The zero-order chi connectivity index (χ0) is 21.1. The second-order valence-electron chi connectivity index (χ2n) is 6.57. The molecular weight excluding hydrogens is 460 g/mol. The highest BCUT2D eigenvalue weighted by Crippen LogP contribution is 2.32. The van der Waals surface area contributed by atoms with Gasteiger partial charge in [0.2, 0.25) is 5.13 Å². The Hall–Kier alpha value is -3.34. The number of benzene rings is 3. The molecule has 0 saturated carbocycles. The van der Waals surface area contributed by atoms with Crippen molar-refractivity contribution in [2.24, 2.45) is 5.10 Å². The van der Waals surface area contributed by atoms with Crippen molar-refractivity contribution in [1.82, 2.24) is 4.98 Å². The first-order chi connectivity index (χ1) is 14.5. The third kappa shape index (κ3) is 4.30. The molecule has 3 aromatic carbocycles. The molecule has 0 fully saturated rings. The fourth-order valence-electron chi connectivity index (χ4n) is 2.75.